The number of methoxy groups -OCH3 is 2. The van der Waals surface area contributed by atoms with Gasteiger partial charge in [0.25, 0.3) is 0 Å². The van der Waals surface area contributed by atoms with Crippen molar-refractivity contribution in [2.75, 3.05) is 27.4 Å². The molecule has 33 heavy (non-hydrogen) atoms. The first-order valence-corrected chi connectivity index (χ1v) is 11.9. The Balaban J connectivity index is 1.77. The molecule has 0 aliphatic carbocycles. The predicted molar refractivity (Wildman–Crippen MR) is 136 cm³/mol. The highest BCUT2D eigenvalue weighted by Crippen LogP contribution is 2.34. The second-order valence-corrected chi connectivity index (χ2v) is 8.89. The fourth-order valence-corrected chi connectivity index (χ4v) is 4.19. The van der Waals surface area contributed by atoms with Crippen LogP contribution in [0, 0.1) is 0 Å². The van der Waals surface area contributed by atoms with Gasteiger partial charge in [0, 0.05) is 30.7 Å². The molecule has 1 atom stereocenters. The minimum Gasteiger partial charge on any atom is -0.489 e. The lowest BCUT2D eigenvalue weighted by Gasteiger charge is -2.19. The van der Waals surface area contributed by atoms with Crippen molar-refractivity contribution in [2.45, 2.75) is 59.2 Å². The predicted octanol–water partition coefficient (Wildman–Crippen LogP) is 7.23. The van der Waals surface area contributed by atoms with Crippen LogP contribution in [-0.2, 0) is 22.7 Å². The van der Waals surface area contributed by atoms with E-state index in [1.54, 1.807) is 14.2 Å². The Morgan fingerprint density at radius 1 is 0.758 bits per heavy atom. The third-order valence-corrected chi connectivity index (χ3v) is 6.18. The van der Waals surface area contributed by atoms with Gasteiger partial charge in [-0.2, -0.15) is 0 Å². The van der Waals surface area contributed by atoms with Crippen LogP contribution in [0.3, 0.4) is 0 Å². The molecule has 0 heterocycles. The summed E-state index contributed by atoms with van der Waals surface area (Å²) in [7, 11) is 3.41. The Morgan fingerprint density at radius 3 is 1.94 bits per heavy atom. The molecule has 0 aliphatic heterocycles. The van der Waals surface area contributed by atoms with Gasteiger partial charge in [0.2, 0.25) is 0 Å². The Hall–Kier alpha value is -2.56. The molecule has 0 N–H and O–H groups in total. The highest BCUT2D eigenvalue weighted by Gasteiger charge is 2.15. The van der Waals surface area contributed by atoms with Gasteiger partial charge in [-0.05, 0) is 53.0 Å². The third-order valence-electron chi connectivity index (χ3n) is 6.18. The molecule has 0 bridgehead atoms. The summed E-state index contributed by atoms with van der Waals surface area (Å²) in [6, 6.07) is 17.1. The van der Waals surface area contributed by atoms with Crippen LogP contribution < -0.4 is 9.47 Å². The maximum atomic E-state index is 6.24. The lowest BCUT2D eigenvalue weighted by molar-refractivity contribution is 0.164. The van der Waals surface area contributed by atoms with Crippen LogP contribution in [0.5, 0.6) is 11.5 Å². The van der Waals surface area contributed by atoms with E-state index in [0.717, 1.165) is 34.4 Å². The van der Waals surface area contributed by atoms with Crippen LogP contribution >= 0.6 is 0 Å². The fourth-order valence-electron chi connectivity index (χ4n) is 4.19. The quantitative estimate of drug-likeness (QED) is 0.273. The van der Waals surface area contributed by atoms with Gasteiger partial charge in [-0.25, -0.2) is 0 Å². The van der Waals surface area contributed by atoms with Crippen LogP contribution in [0.1, 0.15) is 68.2 Å². The van der Waals surface area contributed by atoms with Crippen LogP contribution in [0.2, 0.25) is 0 Å². The average Bonchev–Trinajstić information content (AvgIpc) is 2.82. The van der Waals surface area contributed by atoms with Gasteiger partial charge in [0.1, 0.15) is 24.7 Å². The maximum Gasteiger partial charge on any atom is 0.130 e. The summed E-state index contributed by atoms with van der Waals surface area (Å²) >= 11 is 0. The Kier molecular flexibility index (Phi) is 9.16. The summed E-state index contributed by atoms with van der Waals surface area (Å²) in [6.45, 7) is 10.8. The summed E-state index contributed by atoms with van der Waals surface area (Å²) in [5.41, 5.74) is 4.71. The van der Waals surface area contributed by atoms with Crippen molar-refractivity contribution in [2.24, 2.45) is 0 Å². The second kappa shape index (κ2) is 12.1. The molecule has 3 aromatic rings. The normalized spacial score (nSPS) is 12.3. The van der Waals surface area contributed by atoms with Gasteiger partial charge < -0.3 is 18.9 Å². The lowest BCUT2D eigenvalue weighted by Crippen LogP contribution is -2.13. The van der Waals surface area contributed by atoms with E-state index in [4.69, 9.17) is 18.9 Å². The topological polar surface area (TPSA) is 36.9 Å². The maximum absolute atomic E-state index is 6.24. The smallest absolute Gasteiger partial charge is 0.130 e. The number of rotatable bonds is 12. The molecule has 4 heteroatoms. The number of ether oxygens (including phenoxy) is 4. The van der Waals surface area contributed by atoms with E-state index in [1.807, 2.05) is 0 Å². The SMILES string of the molecule is CCC(C)c1ccc(OCCOc2c(COC)cc(C(C)C)cc2COC)c2ccccc12. The Bertz CT molecular complexity index is 1010. The number of fused-ring (bicyclic) bond motifs is 1. The van der Waals surface area contributed by atoms with Crippen molar-refractivity contribution in [3.63, 3.8) is 0 Å². The molecule has 0 spiro atoms. The van der Waals surface area contributed by atoms with Crippen LogP contribution in [0.15, 0.2) is 48.5 Å². The summed E-state index contributed by atoms with van der Waals surface area (Å²) in [6.07, 6.45) is 1.11. The highest BCUT2D eigenvalue weighted by atomic mass is 16.5. The number of hydrogen-bond acceptors (Lipinski definition) is 4. The van der Waals surface area contributed by atoms with Crippen LogP contribution in [-0.4, -0.2) is 27.4 Å². The summed E-state index contributed by atoms with van der Waals surface area (Å²) in [5, 5.41) is 2.41. The largest absolute Gasteiger partial charge is 0.489 e. The van der Waals surface area contributed by atoms with Crippen LogP contribution in [0.4, 0.5) is 0 Å². The minimum atomic E-state index is 0.417. The molecule has 3 aromatic carbocycles. The number of hydrogen-bond donors (Lipinski definition) is 0. The van der Waals surface area contributed by atoms with Gasteiger partial charge in [-0.15, -0.1) is 0 Å². The first-order valence-electron chi connectivity index (χ1n) is 11.9. The van der Waals surface area contributed by atoms with E-state index >= 15 is 0 Å². The van der Waals surface area contributed by atoms with Gasteiger partial charge in [-0.1, -0.05) is 58.0 Å². The zero-order valence-electron chi connectivity index (χ0n) is 20.9. The van der Waals surface area contributed by atoms with E-state index in [0.29, 0.717) is 38.3 Å². The Labute approximate surface area is 198 Å². The standard InChI is InChI=1S/C29H38O4/c1-7-21(4)25-12-13-28(27-11-9-8-10-26(25)27)32-14-15-33-29-23(18-30-5)16-22(20(2)3)17-24(29)19-31-6/h8-13,16-17,20-21H,7,14-15,18-19H2,1-6H3. The fraction of sp³-hybridized carbons (Fsp3) is 0.448. The van der Waals surface area contributed by atoms with Crippen molar-refractivity contribution < 1.29 is 18.9 Å². The molecule has 0 radical (unpaired) electrons. The van der Waals surface area contributed by atoms with Gasteiger partial charge >= 0.3 is 0 Å². The second-order valence-electron chi connectivity index (χ2n) is 8.89. The molecule has 1 unspecified atom stereocenters. The van der Waals surface area contributed by atoms with Crippen molar-refractivity contribution in [3.05, 3.63) is 70.8 Å². The number of benzene rings is 3. The van der Waals surface area contributed by atoms with Crippen molar-refractivity contribution in [3.8, 4) is 11.5 Å². The molecule has 3 rings (SSSR count). The van der Waals surface area contributed by atoms with Crippen molar-refractivity contribution in [1.82, 2.24) is 0 Å². The monoisotopic (exact) mass is 450 g/mol. The van der Waals surface area contributed by atoms with E-state index in [2.05, 4.69) is 76.2 Å². The molecule has 0 amide bonds. The van der Waals surface area contributed by atoms with E-state index in [1.165, 1.54) is 16.5 Å². The average molecular weight is 451 g/mol. The molecule has 178 valence electrons. The molecule has 4 nitrogen and oxygen atoms in total. The summed E-state index contributed by atoms with van der Waals surface area (Å²) < 4.78 is 23.3. The van der Waals surface area contributed by atoms with Gasteiger partial charge in [0.15, 0.2) is 0 Å². The summed E-state index contributed by atoms with van der Waals surface area (Å²) in [5.74, 6) is 2.66. The zero-order valence-corrected chi connectivity index (χ0v) is 20.9. The summed E-state index contributed by atoms with van der Waals surface area (Å²) in [4.78, 5) is 0. The minimum absolute atomic E-state index is 0.417. The highest BCUT2D eigenvalue weighted by molar-refractivity contribution is 5.91. The molecule has 0 aromatic heterocycles. The van der Waals surface area contributed by atoms with E-state index < -0.39 is 0 Å². The molecule has 0 saturated carbocycles. The molecule has 0 fully saturated rings. The van der Waals surface area contributed by atoms with Gasteiger partial charge in [0.05, 0.1) is 13.2 Å². The molecular weight excluding hydrogens is 412 g/mol. The van der Waals surface area contributed by atoms with E-state index in [9.17, 15) is 0 Å². The lowest BCUT2D eigenvalue weighted by atomic mass is 9.93. The first kappa shape index (κ1) is 25.1. The Morgan fingerprint density at radius 2 is 1.36 bits per heavy atom. The van der Waals surface area contributed by atoms with Crippen molar-refractivity contribution in [1.29, 1.82) is 0 Å². The van der Waals surface area contributed by atoms with Gasteiger partial charge in [-0.3, -0.25) is 0 Å². The first-order chi connectivity index (χ1) is 16.0. The molecular formula is C29H38O4. The molecule has 0 saturated heterocycles. The third kappa shape index (κ3) is 6.07. The van der Waals surface area contributed by atoms with Crippen LogP contribution in [0.25, 0.3) is 10.8 Å². The van der Waals surface area contributed by atoms with E-state index in [-0.39, 0.29) is 0 Å². The molecule has 0 aliphatic rings. The van der Waals surface area contributed by atoms with Crippen molar-refractivity contribution >= 4 is 10.8 Å². The zero-order chi connectivity index (χ0) is 23.8.